The molecule has 3 heteroatoms. The first-order valence-corrected chi connectivity index (χ1v) is 6.43. The normalized spacial score (nSPS) is 31.2. The third-order valence-electron chi connectivity index (χ3n) is 3.97. The lowest BCUT2D eigenvalue weighted by Crippen LogP contribution is -2.41. The van der Waals surface area contributed by atoms with Crippen molar-refractivity contribution < 1.29 is 0 Å². The number of nitrogens with zero attached hydrogens (tertiary/aromatic N) is 2. The van der Waals surface area contributed by atoms with Gasteiger partial charge < -0.3 is 10.2 Å². The van der Waals surface area contributed by atoms with Gasteiger partial charge in [0, 0.05) is 31.7 Å². The molecule has 0 aromatic heterocycles. The number of nitrogens with one attached hydrogen (secondary N) is 1. The second kappa shape index (κ2) is 5.28. The van der Waals surface area contributed by atoms with Crippen molar-refractivity contribution in [3.63, 3.8) is 0 Å². The lowest BCUT2D eigenvalue weighted by molar-refractivity contribution is 0.189. The Labute approximate surface area is 93.8 Å². The molecular formula is C12H25N3. The highest BCUT2D eigenvalue weighted by Gasteiger charge is 2.26. The predicted octanol–water partition coefficient (Wildman–Crippen LogP) is 0.764. The molecule has 0 saturated carbocycles. The molecule has 88 valence electrons. The second-order valence-electron chi connectivity index (χ2n) is 5.13. The van der Waals surface area contributed by atoms with Gasteiger partial charge in [-0.1, -0.05) is 0 Å². The summed E-state index contributed by atoms with van der Waals surface area (Å²) in [4.78, 5) is 5.26. The standard InChI is InChI=1S/C12H25N3/c1-11(9-14-6-3-4-7-14)15-8-5-12(10-15)13-2/h11-13H,3-10H2,1-2H3. The summed E-state index contributed by atoms with van der Waals surface area (Å²) < 4.78 is 0. The Hall–Kier alpha value is -0.120. The summed E-state index contributed by atoms with van der Waals surface area (Å²) in [5.41, 5.74) is 0. The highest BCUT2D eigenvalue weighted by molar-refractivity contribution is 4.84. The molecule has 0 radical (unpaired) electrons. The van der Waals surface area contributed by atoms with Crippen molar-refractivity contribution in [2.24, 2.45) is 0 Å². The Morgan fingerprint density at radius 3 is 2.60 bits per heavy atom. The van der Waals surface area contributed by atoms with E-state index in [-0.39, 0.29) is 0 Å². The van der Waals surface area contributed by atoms with Crippen LogP contribution >= 0.6 is 0 Å². The Morgan fingerprint density at radius 2 is 2.00 bits per heavy atom. The summed E-state index contributed by atoms with van der Waals surface area (Å²) in [6, 6.07) is 1.47. The molecule has 2 saturated heterocycles. The molecule has 15 heavy (non-hydrogen) atoms. The zero-order chi connectivity index (χ0) is 10.7. The Morgan fingerprint density at radius 1 is 1.27 bits per heavy atom. The zero-order valence-corrected chi connectivity index (χ0v) is 10.2. The maximum atomic E-state index is 3.39. The second-order valence-corrected chi connectivity index (χ2v) is 5.13. The number of likely N-dealkylation sites (tertiary alicyclic amines) is 2. The largest absolute Gasteiger partial charge is 0.316 e. The lowest BCUT2D eigenvalue weighted by atomic mass is 10.2. The molecule has 0 aromatic rings. The summed E-state index contributed by atoms with van der Waals surface area (Å²) in [6.07, 6.45) is 4.14. The van der Waals surface area contributed by atoms with Crippen LogP contribution in [0, 0.1) is 0 Å². The van der Waals surface area contributed by atoms with Crippen LogP contribution in [0.3, 0.4) is 0 Å². The fraction of sp³-hybridized carbons (Fsp3) is 1.00. The van der Waals surface area contributed by atoms with Crippen molar-refractivity contribution in [3.05, 3.63) is 0 Å². The van der Waals surface area contributed by atoms with E-state index in [1.54, 1.807) is 0 Å². The van der Waals surface area contributed by atoms with E-state index in [4.69, 9.17) is 0 Å². The van der Waals surface area contributed by atoms with Gasteiger partial charge in [-0.2, -0.15) is 0 Å². The summed E-state index contributed by atoms with van der Waals surface area (Å²) >= 11 is 0. The van der Waals surface area contributed by atoms with Crippen molar-refractivity contribution in [3.8, 4) is 0 Å². The van der Waals surface area contributed by atoms with E-state index in [0.717, 1.165) is 12.1 Å². The van der Waals surface area contributed by atoms with Crippen LogP contribution in [0.1, 0.15) is 26.2 Å². The number of hydrogen-bond acceptors (Lipinski definition) is 3. The van der Waals surface area contributed by atoms with Crippen LogP contribution in [0.25, 0.3) is 0 Å². The SMILES string of the molecule is CNC1CCN(C(C)CN2CCCC2)C1. The van der Waals surface area contributed by atoms with Crippen molar-refractivity contribution in [1.82, 2.24) is 15.1 Å². The minimum Gasteiger partial charge on any atom is -0.316 e. The van der Waals surface area contributed by atoms with Crippen molar-refractivity contribution in [2.75, 3.05) is 39.8 Å². The van der Waals surface area contributed by atoms with Gasteiger partial charge in [0.05, 0.1) is 0 Å². The third kappa shape index (κ3) is 2.92. The van der Waals surface area contributed by atoms with E-state index < -0.39 is 0 Å². The van der Waals surface area contributed by atoms with Crippen molar-refractivity contribution in [2.45, 2.75) is 38.3 Å². The van der Waals surface area contributed by atoms with Gasteiger partial charge in [-0.05, 0) is 46.3 Å². The fourth-order valence-corrected chi connectivity index (χ4v) is 2.88. The molecular weight excluding hydrogens is 186 g/mol. The van der Waals surface area contributed by atoms with Crippen LogP contribution in [0.15, 0.2) is 0 Å². The highest BCUT2D eigenvalue weighted by atomic mass is 15.2. The maximum Gasteiger partial charge on any atom is 0.0204 e. The number of rotatable bonds is 4. The lowest BCUT2D eigenvalue weighted by Gasteiger charge is -2.28. The molecule has 2 unspecified atom stereocenters. The van der Waals surface area contributed by atoms with E-state index in [1.165, 1.54) is 52.0 Å². The molecule has 3 nitrogen and oxygen atoms in total. The fourth-order valence-electron chi connectivity index (χ4n) is 2.88. The molecule has 0 amide bonds. The van der Waals surface area contributed by atoms with Crippen LogP contribution in [-0.4, -0.2) is 61.7 Å². The molecule has 0 bridgehead atoms. The van der Waals surface area contributed by atoms with E-state index >= 15 is 0 Å². The van der Waals surface area contributed by atoms with Gasteiger partial charge >= 0.3 is 0 Å². The predicted molar refractivity (Wildman–Crippen MR) is 64.2 cm³/mol. The molecule has 0 aliphatic carbocycles. The molecule has 2 aliphatic rings. The third-order valence-corrected chi connectivity index (χ3v) is 3.97. The quantitative estimate of drug-likeness (QED) is 0.741. The molecule has 2 aliphatic heterocycles. The van der Waals surface area contributed by atoms with Crippen LogP contribution in [-0.2, 0) is 0 Å². The van der Waals surface area contributed by atoms with E-state index in [2.05, 4.69) is 29.1 Å². The van der Waals surface area contributed by atoms with Crippen LogP contribution in [0.5, 0.6) is 0 Å². The summed E-state index contributed by atoms with van der Waals surface area (Å²) in [5, 5.41) is 3.39. The molecule has 2 rings (SSSR count). The Balaban J connectivity index is 1.73. The van der Waals surface area contributed by atoms with Crippen LogP contribution in [0.4, 0.5) is 0 Å². The number of hydrogen-bond donors (Lipinski definition) is 1. The highest BCUT2D eigenvalue weighted by Crippen LogP contribution is 2.15. The van der Waals surface area contributed by atoms with Crippen molar-refractivity contribution >= 4 is 0 Å². The van der Waals surface area contributed by atoms with Gasteiger partial charge in [-0.3, -0.25) is 4.90 Å². The van der Waals surface area contributed by atoms with E-state index in [0.29, 0.717) is 0 Å². The smallest absolute Gasteiger partial charge is 0.0204 e. The molecule has 0 spiro atoms. The first-order valence-electron chi connectivity index (χ1n) is 6.43. The van der Waals surface area contributed by atoms with E-state index in [9.17, 15) is 0 Å². The summed E-state index contributed by atoms with van der Waals surface area (Å²) in [7, 11) is 2.08. The molecule has 2 fully saturated rings. The first kappa shape index (κ1) is 11.4. The first-order chi connectivity index (χ1) is 7.29. The average molecular weight is 211 g/mol. The van der Waals surface area contributed by atoms with Gasteiger partial charge in [-0.15, -0.1) is 0 Å². The van der Waals surface area contributed by atoms with Gasteiger partial charge in [-0.25, -0.2) is 0 Å². The summed E-state index contributed by atoms with van der Waals surface area (Å²) in [6.45, 7) is 8.83. The number of likely N-dealkylation sites (N-methyl/N-ethyl adjacent to an activating group) is 1. The Bertz CT molecular complexity index is 189. The maximum absolute atomic E-state index is 3.39. The van der Waals surface area contributed by atoms with Gasteiger partial charge in [0.2, 0.25) is 0 Å². The van der Waals surface area contributed by atoms with Gasteiger partial charge in [0.15, 0.2) is 0 Å². The summed E-state index contributed by atoms with van der Waals surface area (Å²) in [5.74, 6) is 0. The Kier molecular flexibility index (Phi) is 4.00. The average Bonchev–Trinajstić information content (AvgIpc) is 2.86. The van der Waals surface area contributed by atoms with Crippen molar-refractivity contribution in [1.29, 1.82) is 0 Å². The monoisotopic (exact) mass is 211 g/mol. The minimum atomic E-state index is 0.728. The topological polar surface area (TPSA) is 18.5 Å². The molecule has 0 aromatic carbocycles. The van der Waals surface area contributed by atoms with Crippen LogP contribution in [0.2, 0.25) is 0 Å². The van der Waals surface area contributed by atoms with Gasteiger partial charge in [0.1, 0.15) is 0 Å². The van der Waals surface area contributed by atoms with E-state index in [1.807, 2.05) is 0 Å². The zero-order valence-electron chi connectivity index (χ0n) is 10.2. The van der Waals surface area contributed by atoms with Gasteiger partial charge in [0.25, 0.3) is 0 Å². The minimum absolute atomic E-state index is 0.728. The molecule has 2 heterocycles. The molecule has 2 atom stereocenters. The molecule has 1 N–H and O–H groups in total. The van der Waals surface area contributed by atoms with Crippen LogP contribution < -0.4 is 5.32 Å².